The van der Waals surface area contributed by atoms with E-state index in [0.29, 0.717) is 22.1 Å². The zero-order valence-electron chi connectivity index (χ0n) is 10.3. The van der Waals surface area contributed by atoms with Crippen molar-refractivity contribution in [3.63, 3.8) is 0 Å². The molecule has 0 aliphatic rings. The van der Waals surface area contributed by atoms with Crippen LogP contribution in [0.4, 0.5) is 0 Å². The number of nitrogens with zero attached hydrogens (tertiary/aromatic N) is 1. The summed E-state index contributed by atoms with van der Waals surface area (Å²) < 4.78 is 10.7. The Balaban J connectivity index is 3.05. The van der Waals surface area contributed by atoms with E-state index in [1.807, 2.05) is 0 Å². The van der Waals surface area contributed by atoms with Gasteiger partial charge in [-0.15, -0.1) is 0 Å². The summed E-state index contributed by atoms with van der Waals surface area (Å²) in [5.74, 6) is 0.883. The average molecular weight is 325 g/mol. The number of benzene rings is 1. The summed E-state index contributed by atoms with van der Waals surface area (Å²) in [6, 6.07) is 2.63. The van der Waals surface area contributed by atoms with Gasteiger partial charge in [0, 0.05) is 11.6 Å². The van der Waals surface area contributed by atoms with Crippen LogP contribution in [0.5, 0.6) is 11.5 Å². The monoisotopic (exact) mass is 323 g/mol. The Bertz CT molecular complexity index is 487. The third-order valence-electron chi connectivity index (χ3n) is 2.35. The van der Waals surface area contributed by atoms with Gasteiger partial charge < -0.3 is 9.47 Å². The van der Waals surface area contributed by atoms with E-state index < -0.39 is 6.04 Å². The first-order chi connectivity index (χ1) is 8.99. The van der Waals surface area contributed by atoms with Crippen LogP contribution < -0.4 is 9.47 Å². The quantitative estimate of drug-likeness (QED) is 0.701. The van der Waals surface area contributed by atoms with Gasteiger partial charge in [-0.25, -0.2) is 0 Å². The van der Waals surface area contributed by atoms with Crippen LogP contribution in [0.15, 0.2) is 27.9 Å². The number of hydrogen-bond donors (Lipinski definition) is 0. The van der Waals surface area contributed by atoms with Crippen molar-refractivity contribution in [2.75, 3.05) is 13.7 Å². The predicted octanol–water partition coefficient (Wildman–Crippen LogP) is 4.87. The fourth-order valence-electron chi connectivity index (χ4n) is 1.46. The first kappa shape index (κ1) is 16.1. The Labute approximate surface area is 126 Å². The number of methoxy groups -OCH3 is 1. The second-order valence-electron chi connectivity index (χ2n) is 3.61. The van der Waals surface area contributed by atoms with E-state index in [9.17, 15) is 4.91 Å². The zero-order valence-corrected chi connectivity index (χ0v) is 12.6. The van der Waals surface area contributed by atoms with E-state index in [0.717, 1.165) is 0 Å². The molecular weight excluding hydrogens is 312 g/mol. The van der Waals surface area contributed by atoms with Crippen molar-refractivity contribution >= 4 is 34.8 Å². The minimum atomic E-state index is -0.594. The van der Waals surface area contributed by atoms with Crippen LogP contribution in [0.3, 0.4) is 0 Å². The van der Waals surface area contributed by atoms with Crippen LogP contribution in [0.1, 0.15) is 18.5 Å². The smallest absolute Gasteiger partial charge is 0.143 e. The molecule has 0 N–H and O–H groups in total. The highest BCUT2D eigenvalue weighted by Gasteiger charge is 2.17. The van der Waals surface area contributed by atoms with Crippen LogP contribution in [-0.4, -0.2) is 13.7 Å². The lowest BCUT2D eigenvalue weighted by molar-refractivity contribution is 0.359. The normalized spacial score (nSPS) is 11.6. The summed E-state index contributed by atoms with van der Waals surface area (Å²) in [5.41, 5.74) is 0.556. The SMILES string of the molecule is COc1c(Cl)cc(OCC=C(Cl)Cl)cc1C(C)N=O. The van der Waals surface area contributed by atoms with Gasteiger partial charge >= 0.3 is 0 Å². The van der Waals surface area contributed by atoms with Crippen LogP contribution in [-0.2, 0) is 0 Å². The van der Waals surface area contributed by atoms with Crippen LogP contribution in [0.2, 0.25) is 5.02 Å². The second-order valence-corrected chi connectivity index (χ2v) is 5.03. The highest BCUT2D eigenvalue weighted by molar-refractivity contribution is 6.55. The molecule has 0 aliphatic heterocycles. The highest BCUT2D eigenvalue weighted by atomic mass is 35.5. The molecule has 19 heavy (non-hydrogen) atoms. The van der Waals surface area contributed by atoms with Crippen molar-refractivity contribution in [1.29, 1.82) is 0 Å². The van der Waals surface area contributed by atoms with Crippen LogP contribution >= 0.6 is 34.8 Å². The molecule has 0 aromatic heterocycles. The predicted molar refractivity (Wildman–Crippen MR) is 77.5 cm³/mol. The second kappa shape index (κ2) is 7.58. The van der Waals surface area contributed by atoms with E-state index >= 15 is 0 Å². The fraction of sp³-hybridized carbons (Fsp3) is 0.333. The molecule has 0 aliphatic carbocycles. The van der Waals surface area contributed by atoms with Crippen LogP contribution in [0.25, 0.3) is 0 Å². The van der Waals surface area contributed by atoms with Gasteiger partial charge in [-0.1, -0.05) is 40.0 Å². The molecule has 0 radical (unpaired) electrons. The third-order valence-corrected chi connectivity index (χ3v) is 2.94. The van der Waals surface area contributed by atoms with E-state index in [1.54, 1.807) is 19.1 Å². The number of halogens is 3. The lowest BCUT2D eigenvalue weighted by Crippen LogP contribution is -1.99. The van der Waals surface area contributed by atoms with Crippen molar-refractivity contribution in [1.82, 2.24) is 0 Å². The van der Waals surface area contributed by atoms with Gasteiger partial charge in [0.15, 0.2) is 0 Å². The molecule has 1 aromatic rings. The van der Waals surface area contributed by atoms with Crippen LogP contribution in [0, 0.1) is 4.91 Å². The molecule has 0 fully saturated rings. The molecule has 7 heteroatoms. The Hall–Kier alpha value is -0.970. The van der Waals surface area contributed by atoms with Gasteiger partial charge in [0.05, 0.1) is 12.1 Å². The van der Waals surface area contributed by atoms with Gasteiger partial charge in [-0.3, -0.25) is 0 Å². The number of hydrogen-bond acceptors (Lipinski definition) is 4. The number of nitroso groups, excluding NO2 is 1. The summed E-state index contributed by atoms with van der Waals surface area (Å²) in [6.07, 6.45) is 1.49. The third kappa shape index (κ3) is 4.56. The number of ether oxygens (including phenoxy) is 2. The standard InChI is InChI=1S/C12H12Cl3NO3/c1-7(16-17)9-5-8(19-4-3-11(14)15)6-10(13)12(9)18-2/h3,5-7H,4H2,1-2H3. The summed E-state index contributed by atoms with van der Waals surface area (Å²) >= 11 is 17.0. The van der Waals surface area contributed by atoms with Crippen molar-refractivity contribution in [3.8, 4) is 11.5 Å². The fourth-order valence-corrected chi connectivity index (χ4v) is 1.88. The molecule has 4 nitrogen and oxygen atoms in total. The molecule has 1 unspecified atom stereocenters. The van der Waals surface area contributed by atoms with Crippen molar-refractivity contribution in [2.24, 2.45) is 5.18 Å². The Morgan fingerprint density at radius 1 is 1.47 bits per heavy atom. The first-order valence-corrected chi connectivity index (χ1v) is 6.46. The summed E-state index contributed by atoms with van der Waals surface area (Å²) in [5, 5.41) is 3.30. The van der Waals surface area contributed by atoms with Crippen molar-refractivity contribution in [3.05, 3.63) is 38.2 Å². The minimum Gasteiger partial charge on any atom is -0.495 e. The molecule has 104 valence electrons. The maximum atomic E-state index is 10.7. The molecule has 1 aromatic carbocycles. The summed E-state index contributed by atoms with van der Waals surface area (Å²) in [6.45, 7) is 1.83. The Morgan fingerprint density at radius 3 is 2.68 bits per heavy atom. The minimum absolute atomic E-state index is 0.114. The number of rotatable bonds is 6. The molecule has 1 atom stereocenters. The molecule has 0 bridgehead atoms. The lowest BCUT2D eigenvalue weighted by Gasteiger charge is -2.14. The first-order valence-electron chi connectivity index (χ1n) is 5.33. The van der Waals surface area contributed by atoms with E-state index in [4.69, 9.17) is 44.3 Å². The summed E-state index contributed by atoms with van der Waals surface area (Å²) in [4.78, 5) is 10.7. The highest BCUT2D eigenvalue weighted by Crippen LogP contribution is 2.37. The average Bonchev–Trinajstić information content (AvgIpc) is 2.36. The maximum Gasteiger partial charge on any atom is 0.143 e. The Morgan fingerprint density at radius 2 is 2.16 bits per heavy atom. The van der Waals surface area contributed by atoms with Crippen molar-refractivity contribution < 1.29 is 9.47 Å². The zero-order chi connectivity index (χ0) is 14.4. The largest absolute Gasteiger partial charge is 0.495 e. The van der Waals surface area contributed by atoms with Gasteiger partial charge in [-0.2, -0.15) is 4.91 Å². The molecular formula is C12H12Cl3NO3. The van der Waals surface area contributed by atoms with Gasteiger partial charge in [-0.05, 0) is 19.1 Å². The molecule has 0 spiro atoms. The molecule has 0 saturated heterocycles. The van der Waals surface area contributed by atoms with Gasteiger partial charge in [0.2, 0.25) is 0 Å². The molecule has 0 amide bonds. The lowest BCUT2D eigenvalue weighted by atomic mass is 10.1. The topological polar surface area (TPSA) is 47.9 Å². The van der Waals surface area contributed by atoms with E-state index in [-0.39, 0.29) is 11.1 Å². The molecule has 1 rings (SSSR count). The van der Waals surface area contributed by atoms with Gasteiger partial charge in [0.1, 0.15) is 28.6 Å². The van der Waals surface area contributed by atoms with Gasteiger partial charge in [0.25, 0.3) is 0 Å². The molecule has 0 saturated carbocycles. The molecule has 0 heterocycles. The van der Waals surface area contributed by atoms with E-state index in [1.165, 1.54) is 13.2 Å². The summed E-state index contributed by atoms with van der Waals surface area (Å²) in [7, 11) is 1.47. The van der Waals surface area contributed by atoms with E-state index in [2.05, 4.69) is 5.18 Å². The van der Waals surface area contributed by atoms with Crippen molar-refractivity contribution in [2.45, 2.75) is 13.0 Å². The maximum absolute atomic E-state index is 10.7. The Kier molecular flexibility index (Phi) is 6.42.